The lowest BCUT2D eigenvalue weighted by Gasteiger charge is -2.32. The Kier molecular flexibility index (Phi) is 4.13. The molecular weight excluding hydrogens is 314 g/mol. The van der Waals surface area contributed by atoms with Crippen LogP contribution in [0.1, 0.15) is 23.0 Å². The first-order valence-corrected chi connectivity index (χ1v) is 8.81. The molecule has 2 aromatic rings. The third-order valence-electron chi connectivity index (χ3n) is 5.07. The van der Waals surface area contributed by atoms with Crippen molar-refractivity contribution in [3.05, 3.63) is 47.8 Å². The maximum absolute atomic E-state index is 13.1. The van der Waals surface area contributed by atoms with Crippen LogP contribution < -0.4 is 9.80 Å². The van der Waals surface area contributed by atoms with E-state index in [1.165, 1.54) is 5.56 Å². The maximum atomic E-state index is 13.1. The Morgan fingerprint density at radius 3 is 2.68 bits per heavy atom. The third-order valence-corrected chi connectivity index (χ3v) is 5.07. The number of carbonyl (C=O) groups excluding carboxylic acids is 1. The smallest absolute Gasteiger partial charge is 0.277 e. The van der Waals surface area contributed by atoms with Crippen LogP contribution in [0.25, 0.3) is 0 Å². The molecule has 6 heteroatoms. The number of hydrogen-bond donors (Lipinski definition) is 0. The number of carbonyl (C=O) groups is 1. The zero-order valence-electron chi connectivity index (χ0n) is 14.7. The van der Waals surface area contributed by atoms with Gasteiger partial charge in [0.1, 0.15) is 5.69 Å². The molecule has 1 aromatic carbocycles. The van der Waals surface area contributed by atoms with E-state index in [9.17, 15) is 4.79 Å². The number of amides is 1. The predicted octanol–water partition coefficient (Wildman–Crippen LogP) is 1.82. The van der Waals surface area contributed by atoms with E-state index in [-0.39, 0.29) is 11.9 Å². The van der Waals surface area contributed by atoms with E-state index in [4.69, 9.17) is 0 Å². The second-order valence-corrected chi connectivity index (χ2v) is 6.89. The highest BCUT2D eigenvalue weighted by atomic mass is 16.2. The van der Waals surface area contributed by atoms with Crippen LogP contribution in [0.5, 0.6) is 0 Å². The van der Waals surface area contributed by atoms with Gasteiger partial charge in [0.25, 0.3) is 5.91 Å². The van der Waals surface area contributed by atoms with Crippen LogP contribution in [0.15, 0.2) is 36.5 Å². The summed E-state index contributed by atoms with van der Waals surface area (Å²) in [7, 11) is 2.12. The number of anilines is 2. The van der Waals surface area contributed by atoms with Crippen LogP contribution >= 0.6 is 0 Å². The number of piperazine rings is 1. The second kappa shape index (κ2) is 6.44. The zero-order valence-corrected chi connectivity index (χ0v) is 14.7. The lowest BCUT2D eigenvalue weighted by atomic mass is 10.1. The maximum Gasteiger partial charge on any atom is 0.277 e. The molecule has 0 saturated carbocycles. The number of para-hydroxylation sites is 1. The summed E-state index contributed by atoms with van der Waals surface area (Å²) in [5.41, 5.74) is 2.68. The molecule has 1 amide bonds. The van der Waals surface area contributed by atoms with E-state index in [1.54, 1.807) is 12.3 Å². The van der Waals surface area contributed by atoms with E-state index >= 15 is 0 Å². The van der Waals surface area contributed by atoms with Crippen molar-refractivity contribution in [2.24, 2.45) is 0 Å². The van der Waals surface area contributed by atoms with Gasteiger partial charge in [-0.15, -0.1) is 0 Å². The Labute approximate surface area is 148 Å². The molecule has 0 N–H and O–H groups in total. The van der Waals surface area contributed by atoms with Gasteiger partial charge < -0.3 is 14.7 Å². The Morgan fingerprint density at radius 2 is 1.88 bits per heavy atom. The van der Waals surface area contributed by atoms with Crippen molar-refractivity contribution in [1.82, 2.24) is 14.9 Å². The first-order chi connectivity index (χ1) is 12.1. The number of nitrogens with zero attached hydrogens (tertiary/aromatic N) is 5. The summed E-state index contributed by atoms with van der Waals surface area (Å²) in [5, 5.41) is 0. The van der Waals surface area contributed by atoms with Crippen LogP contribution in [0.2, 0.25) is 0 Å². The predicted molar refractivity (Wildman–Crippen MR) is 98.2 cm³/mol. The van der Waals surface area contributed by atoms with Crippen molar-refractivity contribution < 1.29 is 4.79 Å². The number of aromatic nitrogens is 2. The quantitative estimate of drug-likeness (QED) is 0.837. The highest BCUT2D eigenvalue weighted by molar-refractivity contribution is 6.06. The number of rotatable bonds is 2. The van der Waals surface area contributed by atoms with E-state index in [2.05, 4.69) is 39.8 Å². The molecule has 0 aliphatic carbocycles. The van der Waals surface area contributed by atoms with Gasteiger partial charge in [-0.05, 0) is 38.1 Å². The Hall–Kier alpha value is -2.47. The van der Waals surface area contributed by atoms with Gasteiger partial charge in [0.05, 0.1) is 0 Å². The molecule has 1 unspecified atom stereocenters. The van der Waals surface area contributed by atoms with Gasteiger partial charge >= 0.3 is 0 Å². The molecule has 1 atom stereocenters. The van der Waals surface area contributed by atoms with E-state index in [0.29, 0.717) is 11.6 Å². The minimum absolute atomic E-state index is 0.0461. The van der Waals surface area contributed by atoms with Gasteiger partial charge in [-0.3, -0.25) is 4.79 Å². The molecule has 1 aromatic heterocycles. The van der Waals surface area contributed by atoms with E-state index in [1.807, 2.05) is 23.1 Å². The fourth-order valence-corrected chi connectivity index (χ4v) is 3.62. The minimum atomic E-state index is -0.0461. The average Bonchev–Trinajstić information content (AvgIpc) is 2.97. The molecule has 130 valence electrons. The standard InChI is InChI=1S/C19H23N5O/c1-14-13-15-5-3-4-6-17(15)24(14)18(25)16-7-8-20-19(21-16)23-11-9-22(2)10-12-23/h3-8,14H,9-13H2,1-2H3. The van der Waals surface area contributed by atoms with Crippen LogP contribution in [-0.4, -0.2) is 60.0 Å². The summed E-state index contributed by atoms with van der Waals surface area (Å²) < 4.78 is 0. The zero-order chi connectivity index (χ0) is 17.4. The third kappa shape index (κ3) is 2.98. The van der Waals surface area contributed by atoms with E-state index in [0.717, 1.165) is 38.3 Å². The monoisotopic (exact) mass is 337 g/mol. The lowest BCUT2D eigenvalue weighted by Crippen LogP contribution is -2.45. The molecule has 2 aliphatic heterocycles. The summed E-state index contributed by atoms with van der Waals surface area (Å²) in [6.45, 7) is 5.82. The summed E-state index contributed by atoms with van der Waals surface area (Å²) in [6.07, 6.45) is 2.58. The summed E-state index contributed by atoms with van der Waals surface area (Å²) in [6, 6.07) is 9.97. The molecule has 0 spiro atoms. The van der Waals surface area contributed by atoms with Crippen LogP contribution in [0, 0.1) is 0 Å². The number of hydrogen-bond acceptors (Lipinski definition) is 5. The van der Waals surface area contributed by atoms with E-state index < -0.39 is 0 Å². The van der Waals surface area contributed by atoms with Gasteiger partial charge in [0.2, 0.25) is 5.95 Å². The minimum Gasteiger partial charge on any atom is -0.338 e. The normalized spacial score (nSPS) is 20.6. The Morgan fingerprint density at radius 1 is 1.12 bits per heavy atom. The topological polar surface area (TPSA) is 52.6 Å². The van der Waals surface area contributed by atoms with Gasteiger partial charge in [0.15, 0.2) is 0 Å². The van der Waals surface area contributed by atoms with Crippen molar-refractivity contribution in [1.29, 1.82) is 0 Å². The number of benzene rings is 1. The number of fused-ring (bicyclic) bond motifs is 1. The lowest BCUT2D eigenvalue weighted by molar-refractivity contribution is 0.0976. The molecule has 4 rings (SSSR count). The summed E-state index contributed by atoms with van der Waals surface area (Å²) in [5.74, 6) is 0.606. The molecule has 3 heterocycles. The number of likely N-dealkylation sites (N-methyl/N-ethyl adjacent to an activating group) is 1. The SMILES string of the molecule is CC1Cc2ccccc2N1C(=O)c1ccnc(N2CCN(C)CC2)n1. The van der Waals surface area contributed by atoms with Gasteiger partial charge in [-0.25, -0.2) is 9.97 Å². The molecule has 2 aliphatic rings. The van der Waals surface area contributed by atoms with Crippen molar-refractivity contribution in [3.8, 4) is 0 Å². The molecule has 1 fully saturated rings. The fourth-order valence-electron chi connectivity index (χ4n) is 3.62. The summed E-state index contributed by atoms with van der Waals surface area (Å²) >= 11 is 0. The fraction of sp³-hybridized carbons (Fsp3) is 0.421. The van der Waals surface area contributed by atoms with Crippen LogP contribution in [-0.2, 0) is 6.42 Å². The van der Waals surface area contributed by atoms with Crippen LogP contribution in [0.3, 0.4) is 0 Å². The van der Waals surface area contributed by atoms with Crippen molar-refractivity contribution in [2.45, 2.75) is 19.4 Å². The highest BCUT2D eigenvalue weighted by Crippen LogP contribution is 2.32. The van der Waals surface area contributed by atoms with Crippen molar-refractivity contribution in [3.63, 3.8) is 0 Å². The van der Waals surface area contributed by atoms with Gasteiger partial charge in [0, 0.05) is 44.1 Å². The first-order valence-electron chi connectivity index (χ1n) is 8.81. The van der Waals surface area contributed by atoms with Crippen molar-refractivity contribution >= 4 is 17.5 Å². The average molecular weight is 337 g/mol. The highest BCUT2D eigenvalue weighted by Gasteiger charge is 2.32. The molecule has 0 bridgehead atoms. The molecule has 6 nitrogen and oxygen atoms in total. The van der Waals surface area contributed by atoms with Gasteiger partial charge in [-0.2, -0.15) is 0 Å². The molecule has 0 radical (unpaired) electrons. The first kappa shape index (κ1) is 16.0. The van der Waals surface area contributed by atoms with Crippen LogP contribution in [0.4, 0.5) is 11.6 Å². The second-order valence-electron chi connectivity index (χ2n) is 6.89. The summed E-state index contributed by atoms with van der Waals surface area (Å²) in [4.78, 5) is 28.4. The Bertz CT molecular complexity index is 785. The molecular formula is C19H23N5O. The van der Waals surface area contributed by atoms with Gasteiger partial charge in [-0.1, -0.05) is 18.2 Å². The van der Waals surface area contributed by atoms with Crippen molar-refractivity contribution in [2.75, 3.05) is 43.0 Å². The largest absolute Gasteiger partial charge is 0.338 e. The molecule has 25 heavy (non-hydrogen) atoms. The Balaban J connectivity index is 1.60. The molecule has 1 saturated heterocycles.